The van der Waals surface area contributed by atoms with Crippen LogP contribution in [0.2, 0.25) is 0 Å². The number of nitrogens with one attached hydrogen (secondary N) is 1. The molecule has 1 amide bonds. The molecule has 0 radical (unpaired) electrons. The van der Waals surface area contributed by atoms with Gasteiger partial charge < -0.3 is 35.4 Å². The first-order chi connectivity index (χ1) is 12.7. The number of ketones is 1. The molecular weight excluding hydrogens is 362 g/mol. The van der Waals surface area contributed by atoms with Crippen molar-refractivity contribution in [2.24, 2.45) is 5.92 Å². The van der Waals surface area contributed by atoms with Gasteiger partial charge in [-0.15, -0.1) is 0 Å². The third-order valence-corrected chi connectivity index (χ3v) is 5.08. The topological polar surface area (TPSA) is 166 Å². The van der Waals surface area contributed by atoms with Crippen LogP contribution >= 0.6 is 0 Å². The number of hydrogen-bond donors (Lipinski definition) is 6. The van der Waals surface area contributed by atoms with Gasteiger partial charge in [-0.2, -0.15) is 0 Å². The maximum atomic E-state index is 13.2. The smallest absolute Gasteiger partial charge is 0.223 e. The average Bonchev–Trinajstić information content (AvgIpc) is 3.21. The van der Waals surface area contributed by atoms with Gasteiger partial charge in [-0.25, -0.2) is 5.26 Å². The Bertz CT molecular complexity index is 593. The van der Waals surface area contributed by atoms with Gasteiger partial charge in [0.1, 0.15) is 5.60 Å². The van der Waals surface area contributed by atoms with Gasteiger partial charge in [0, 0.05) is 25.8 Å². The van der Waals surface area contributed by atoms with Gasteiger partial charge in [-0.1, -0.05) is 6.92 Å². The molecular formula is C17H27NO9. The van der Waals surface area contributed by atoms with Crippen molar-refractivity contribution < 1.29 is 44.9 Å². The molecule has 0 aromatic heterocycles. The van der Waals surface area contributed by atoms with Crippen LogP contribution in [-0.4, -0.2) is 68.0 Å². The van der Waals surface area contributed by atoms with Crippen LogP contribution in [0.25, 0.3) is 0 Å². The van der Waals surface area contributed by atoms with Crippen LogP contribution in [0.4, 0.5) is 0 Å². The Hall–Kier alpha value is -1.72. The highest BCUT2D eigenvalue weighted by atomic mass is 17.1. The fraction of sp³-hybridized carbons (Fsp3) is 0.765. The summed E-state index contributed by atoms with van der Waals surface area (Å²) in [6, 6.07) is 0. The Kier molecular flexibility index (Phi) is 6.82. The number of β-amino-alcohol motifs (C(OH)–C–C–N with tert-alkyl or cyclic N) is 1. The molecule has 1 aliphatic heterocycles. The zero-order valence-corrected chi connectivity index (χ0v) is 15.2. The Morgan fingerprint density at radius 3 is 2.37 bits per heavy atom. The summed E-state index contributed by atoms with van der Waals surface area (Å²) >= 11 is 0. The fourth-order valence-corrected chi connectivity index (χ4v) is 3.63. The summed E-state index contributed by atoms with van der Waals surface area (Å²) in [7, 11) is 0. The monoisotopic (exact) mass is 389 g/mol. The highest BCUT2D eigenvalue weighted by Crippen LogP contribution is 2.37. The lowest BCUT2D eigenvalue weighted by Crippen LogP contribution is -2.52. The molecule has 10 nitrogen and oxygen atoms in total. The van der Waals surface area contributed by atoms with Gasteiger partial charge in [0.15, 0.2) is 5.76 Å². The molecule has 154 valence electrons. The van der Waals surface area contributed by atoms with Gasteiger partial charge in [0.25, 0.3) is 0 Å². The van der Waals surface area contributed by atoms with Crippen LogP contribution in [0.1, 0.15) is 45.4 Å². The molecule has 27 heavy (non-hydrogen) atoms. The molecule has 2 fully saturated rings. The molecule has 0 aromatic rings. The Labute approximate surface area is 156 Å². The van der Waals surface area contributed by atoms with Crippen LogP contribution in [0.3, 0.4) is 0 Å². The van der Waals surface area contributed by atoms with E-state index in [2.05, 4.69) is 10.2 Å². The number of carbonyl (C=O) groups excluding carboxylic acids is 2. The van der Waals surface area contributed by atoms with Crippen LogP contribution < -0.4 is 5.32 Å². The van der Waals surface area contributed by atoms with Crippen molar-refractivity contribution >= 4 is 11.7 Å². The molecule has 0 bridgehead atoms. The third kappa shape index (κ3) is 4.58. The van der Waals surface area contributed by atoms with E-state index in [1.807, 2.05) is 0 Å². The van der Waals surface area contributed by atoms with Crippen molar-refractivity contribution in [1.29, 1.82) is 0 Å². The van der Waals surface area contributed by atoms with E-state index in [0.29, 0.717) is 12.8 Å². The highest BCUT2D eigenvalue weighted by Gasteiger charge is 2.52. The van der Waals surface area contributed by atoms with E-state index in [-0.39, 0.29) is 31.6 Å². The quantitative estimate of drug-likeness (QED) is 0.0969. The minimum absolute atomic E-state index is 0.0191. The van der Waals surface area contributed by atoms with Crippen LogP contribution in [0.5, 0.6) is 0 Å². The lowest BCUT2D eigenvalue weighted by atomic mass is 9.78. The Morgan fingerprint density at radius 2 is 1.93 bits per heavy atom. The van der Waals surface area contributed by atoms with Crippen molar-refractivity contribution in [3.63, 3.8) is 0 Å². The van der Waals surface area contributed by atoms with E-state index >= 15 is 0 Å². The maximum absolute atomic E-state index is 13.2. The molecule has 1 heterocycles. The van der Waals surface area contributed by atoms with Crippen molar-refractivity contribution in [3.05, 3.63) is 11.5 Å². The fourth-order valence-electron chi connectivity index (χ4n) is 3.63. The molecule has 3 atom stereocenters. The SMILES string of the molecule is CC/C(OO)=C(/OC1(O)CCCC1)C(=O)C(C(O)CO)C1(O)CNC(=O)C1. The number of carbonyl (C=O) groups is 2. The van der Waals surface area contributed by atoms with Crippen molar-refractivity contribution in [1.82, 2.24) is 5.32 Å². The molecule has 3 unspecified atom stereocenters. The summed E-state index contributed by atoms with van der Waals surface area (Å²) in [5, 5.41) is 52.4. The molecule has 2 aliphatic rings. The molecule has 2 rings (SSSR count). The van der Waals surface area contributed by atoms with Crippen molar-refractivity contribution in [2.75, 3.05) is 13.2 Å². The summed E-state index contributed by atoms with van der Waals surface area (Å²) in [4.78, 5) is 29.0. The standard InChI is InChI=1S/C17H27NO9/c1-2-11(27-25)15(26-17(24)5-3-4-6-17)14(22)13(10(20)8-19)16(23)7-12(21)18-9-16/h10,13,19-20,23-25H,2-9H2,1H3,(H,18,21)/b15-11-. The second-order valence-corrected chi connectivity index (χ2v) is 7.10. The van der Waals surface area contributed by atoms with E-state index in [4.69, 9.17) is 9.99 Å². The molecule has 0 aromatic carbocycles. The molecule has 0 spiro atoms. The summed E-state index contributed by atoms with van der Waals surface area (Å²) in [5.41, 5.74) is -1.97. The van der Waals surface area contributed by atoms with E-state index < -0.39 is 53.9 Å². The number of rotatable bonds is 9. The summed E-state index contributed by atoms with van der Waals surface area (Å²) in [6.07, 6.45) is -0.295. The Balaban J connectivity index is 2.43. The van der Waals surface area contributed by atoms with Gasteiger partial charge in [-0.05, 0) is 12.8 Å². The lowest BCUT2D eigenvalue weighted by Gasteiger charge is -2.34. The normalized spacial score (nSPS) is 27.6. The number of aliphatic hydroxyl groups excluding tert-OH is 2. The summed E-state index contributed by atoms with van der Waals surface area (Å²) in [6.45, 7) is 0.401. The highest BCUT2D eigenvalue weighted by molar-refractivity contribution is 5.98. The minimum Gasteiger partial charge on any atom is -0.455 e. The maximum Gasteiger partial charge on any atom is 0.223 e. The lowest BCUT2D eigenvalue weighted by molar-refractivity contribution is -0.221. The van der Waals surface area contributed by atoms with Gasteiger partial charge in [-0.3, -0.25) is 9.59 Å². The number of allylic oxidation sites excluding steroid dienone is 2. The first-order valence-electron chi connectivity index (χ1n) is 8.98. The second-order valence-electron chi connectivity index (χ2n) is 7.10. The van der Waals surface area contributed by atoms with E-state index in [1.165, 1.54) is 0 Å². The third-order valence-electron chi connectivity index (χ3n) is 5.08. The summed E-state index contributed by atoms with van der Waals surface area (Å²) in [5.74, 6) is -5.63. The number of amides is 1. The van der Waals surface area contributed by atoms with Crippen LogP contribution in [-0.2, 0) is 19.2 Å². The average molecular weight is 389 g/mol. The molecule has 1 saturated carbocycles. The number of hydrogen-bond acceptors (Lipinski definition) is 9. The summed E-state index contributed by atoms with van der Waals surface area (Å²) < 4.78 is 5.50. The number of aliphatic hydroxyl groups is 4. The number of ether oxygens (including phenoxy) is 1. The van der Waals surface area contributed by atoms with Gasteiger partial charge in [0.2, 0.25) is 23.2 Å². The minimum atomic E-state index is -1.97. The molecule has 10 heteroatoms. The largest absolute Gasteiger partial charge is 0.455 e. The number of Topliss-reactive ketones (excluding diaryl/α,β-unsaturated/α-hetero) is 1. The molecule has 6 N–H and O–H groups in total. The van der Waals surface area contributed by atoms with Gasteiger partial charge in [0.05, 0.1) is 25.0 Å². The molecule has 1 aliphatic carbocycles. The van der Waals surface area contributed by atoms with Crippen molar-refractivity contribution in [3.8, 4) is 0 Å². The first kappa shape index (κ1) is 21.6. The predicted octanol–water partition coefficient (Wildman–Crippen LogP) is -0.834. The van der Waals surface area contributed by atoms with E-state index in [1.54, 1.807) is 6.92 Å². The Morgan fingerprint density at radius 1 is 1.30 bits per heavy atom. The van der Waals surface area contributed by atoms with Gasteiger partial charge >= 0.3 is 0 Å². The van der Waals surface area contributed by atoms with Crippen LogP contribution in [0.15, 0.2) is 11.5 Å². The molecule has 1 saturated heterocycles. The predicted molar refractivity (Wildman–Crippen MR) is 89.7 cm³/mol. The zero-order valence-electron chi connectivity index (χ0n) is 15.2. The first-order valence-corrected chi connectivity index (χ1v) is 8.98. The van der Waals surface area contributed by atoms with Crippen molar-refractivity contribution in [2.45, 2.75) is 62.9 Å². The van der Waals surface area contributed by atoms with E-state index in [9.17, 15) is 30.0 Å². The second kappa shape index (κ2) is 8.53. The van der Waals surface area contributed by atoms with Crippen LogP contribution in [0, 0.1) is 5.92 Å². The van der Waals surface area contributed by atoms with E-state index in [0.717, 1.165) is 0 Å². The zero-order chi connectivity index (χ0) is 20.2.